The van der Waals surface area contributed by atoms with Gasteiger partial charge in [-0.2, -0.15) is 0 Å². The molecule has 0 radical (unpaired) electrons. The molecule has 2 atom stereocenters. The highest BCUT2D eigenvalue weighted by Crippen LogP contribution is 2.36. The number of ketones is 1. The molecule has 2 aliphatic carbocycles. The molecule has 0 bridgehead atoms. The van der Waals surface area contributed by atoms with Crippen molar-refractivity contribution in [3.8, 4) is 0 Å². The van der Waals surface area contributed by atoms with Crippen molar-refractivity contribution in [2.75, 3.05) is 0 Å². The summed E-state index contributed by atoms with van der Waals surface area (Å²) >= 11 is 0. The highest BCUT2D eigenvalue weighted by atomic mass is 16.4. The third kappa shape index (κ3) is 2.88. The Hall–Kier alpha value is -0.860. The predicted octanol–water partition coefficient (Wildman–Crippen LogP) is 3.03. The lowest BCUT2D eigenvalue weighted by atomic mass is 9.71. The van der Waals surface area contributed by atoms with Crippen LogP contribution in [0.4, 0.5) is 0 Å². The Labute approximate surface area is 103 Å². The van der Waals surface area contributed by atoms with Gasteiger partial charge in [0.25, 0.3) is 0 Å². The first-order valence-electron chi connectivity index (χ1n) is 6.96. The first kappa shape index (κ1) is 12.6. The second-order valence-corrected chi connectivity index (χ2v) is 5.57. The maximum absolute atomic E-state index is 12.4. The maximum atomic E-state index is 12.4. The van der Waals surface area contributed by atoms with Crippen molar-refractivity contribution in [3.63, 3.8) is 0 Å². The van der Waals surface area contributed by atoms with Gasteiger partial charge in [0.05, 0.1) is 5.92 Å². The number of aliphatic carboxylic acids is 1. The second-order valence-electron chi connectivity index (χ2n) is 5.57. The topological polar surface area (TPSA) is 54.4 Å². The van der Waals surface area contributed by atoms with Gasteiger partial charge in [0.1, 0.15) is 5.78 Å². The molecule has 96 valence electrons. The fourth-order valence-electron chi connectivity index (χ4n) is 3.46. The summed E-state index contributed by atoms with van der Waals surface area (Å²) in [6.07, 6.45) is 8.96. The molecule has 2 rings (SSSR count). The van der Waals surface area contributed by atoms with Gasteiger partial charge in [-0.3, -0.25) is 9.59 Å². The summed E-state index contributed by atoms with van der Waals surface area (Å²) in [5, 5.41) is 9.20. The van der Waals surface area contributed by atoms with Crippen LogP contribution < -0.4 is 0 Å². The van der Waals surface area contributed by atoms with Crippen molar-refractivity contribution in [1.29, 1.82) is 0 Å². The summed E-state index contributed by atoms with van der Waals surface area (Å²) in [7, 11) is 0. The van der Waals surface area contributed by atoms with Crippen molar-refractivity contribution in [2.45, 2.75) is 57.8 Å². The van der Waals surface area contributed by atoms with Crippen molar-refractivity contribution >= 4 is 11.8 Å². The number of carbonyl (C=O) groups is 2. The quantitative estimate of drug-likeness (QED) is 0.822. The second kappa shape index (κ2) is 5.65. The third-order valence-electron chi connectivity index (χ3n) is 4.46. The molecule has 2 fully saturated rings. The minimum absolute atomic E-state index is 0.161. The molecule has 0 saturated heterocycles. The number of hydrogen-bond donors (Lipinski definition) is 1. The van der Waals surface area contributed by atoms with E-state index in [1.54, 1.807) is 0 Å². The van der Waals surface area contributed by atoms with E-state index in [0.29, 0.717) is 6.42 Å². The van der Waals surface area contributed by atoms with E-state index in [-0.39, 0.29) is 17.6 Å². The van der Waals surface area contributed by atoms with E-state index < -0.39 is 11.9 Å². The lowest BCUT2D eigenvalue weighted by Crippen LogP contribution is -2.36. The summed E-state index contributed by atoms with van der Waals surface area (Å²) in [5.41, 5.74) is 0. The van der Waals surface area contributed by atoms with Gasteiger partial charge in [-0.1, -0.05) is 32.1 Å². The zero-order valence-electron chi connectivity index (χ0n) is 10.4. The molecule has 0 spiro atoms. The van der Waals surface area contributed by atoms with Gasteiger partial charge < -0.3 is 5.11 Å². The van der Waals surface area contributed by atoms with Crippen molar-refractivity contribution in [1.82, 2.24) is 0 Å². The summed E-state index contributed by atoms with van der Waals surface area (Å²) < 4.78 is 0. The third-order valence-corrected chi connectivity index (χ3v) is 4.46. The number of carboxylic acids is 1. The normalized spacial score (nSPS) is 31.1. The highest BCUT2D eigenvalue weighted by molar-refractivity contribution is 5.88. The first-order chi connectivity index (χ1) is 8.20. The highest BCUT2D eigenvalue weighted by Gasteiger charge is 2.38. The molecule has 2 unspecified atom stereocenters. The summed E-state index contributed by atoms with van der Waals surface area (Å²) in [4.78, 5) is 23.6. The fourth-order valence-corrected chi connectivity index (χ4v) is 3.46. The molecule has 0 amide bonds. The Kier molecular flexibility index (Phi) is 4.19. The van der Waals surface area contributed by atoms with Gasteiger partial charge in [0, 0.05) is 11.8 Å². The molecule has 0 aromatic carbocycles. The van der Waals surface area contributed by atoms with Crippen LogP contribution in [0.5, 0.6) is 0 Å². The van der Waals surface area contributed by atoms with E-state index in [4.69, 9.17) is 0 Å². The van der Waals surface area contributed by atoms with Gasteiger partial charge in [-0.05, 0) is 25.7 Å². The van der Waals surface area contributed by atoms with Crippen LogP contribution in [0.2, 0.25) is 0 Å². The molecule has 3 heteroatoms. The Morgan fingerprint density at radius 2 is 1.29 bits per heavy atom. The number of carbonyl (C=O) groups excluding carboxylic acids is 1. The minimum atomic E-state index is -0.765. The van der Waals surface area contributed by atoms with E-state index in [0.717, 1.165) is 44.9 Å². The summed E-state index contributed by atoms with van der Waals surface area (Å²) in [6, 6.07) is 0. The number of hydrogen-bond acceptors (Lipinski definition) is 2. The van der Waals surface area contributed by atoms with Crippen LogP contribution >= 0.6 is 0 Å². The van der Waals surface area contributed by atoms with Gasteiger partial charge >= 0.3 is 5.97 Å². The van der Waals surface area contributed by atoms with Gasteiger partial charge in [-0.15, -0.1) is 0 Å². The van der Waals surface area contributed by atoms with Crippen molar-refractivity contribution in [2.24, 2.45) is 17.8 Å². The van der Waals surface area contributed by atoms with Crippen LogP contribution in [-0.2, 0) is 9.59 Å². The molecule has 0 heterocycles. The van der Waals surface area contributed by atoms with Gasteiger partial charge in [-0.25, -0.2) is 0 Å². The average molecular weight is 238 g/mol. The van der Waals surface area contributed by atoms with Crippen LogP contribution in [0.1, 0.15) is 57.8 Å². The van der Waals surface area contributed by atoms with Crippen LogP contribution in [0, 0.1) is 17.8 Å². The molecule has 17 heavy (non-hydrogen) atoms. The molecule has 0 aliphatic heterocycles. The van der Waals surface area contributed by atoms with Gasteiger partial charge in [0.2, 0.25) is 0 Å². The molecular formula is C14H22O3. The summed E-state index contributed by atoms with van der Waals surface area (Å²) in [6.45, 7) is 0. The number of Topliss-reactive ketones (excluding diaryl/α,β-unsaturated/α-hetero) is 1. The smallest absolute Gasteiger partial charge is 0.307 e. The summed E-state index contributed by atoms with van der Waals surface area (Å²) in [5.74, 6) is -0.938. The van der Waals surface area contributed by atoms with E-state index in [1.165, 1.54) is 6.42 Å². The molecule has 0 aromatic rings. The predicted molar refractivity (Wildman–Crippen MR) is 64.7 cm³/mol. The average Bonchev–Trinajstić information content (AvgIpc) is 2.39. The van der Waals surface area contributed by atoms with E-state index in [9.17, 15) is 14.7 Å². The molecular weight excluding hydrogens is 216 g/mol. The Morgan fingerprint density at radius 3 is 1.88 bits per heavy atom. The lowest BCUT2D eigenvalue weighted by molar-refractivity contribution is -0.149. The zero-order chi connectivity index (χ0) is 12.3. The van der Waals surface area contributed by atoms with Crippen LogP contribution in [0.15, 0.2) is 0 Å². The molecule has 3 nitrogen and oxygen atoms in total. The molecule has 2 aliphatic rings. The standard InChI is InChI=1S/C14H22O3/c15-13(10-6-2-1-3-7-10)11-8-4-5-9-12(11)14(16)17/h10-12H,1-9H2,(H,16,17). The molecule has 2 saturated carbocycles. The largest absolute Gasteiger partial charge is 0.481 e. The lowest BCUT2D eigenvalue weighted by Gasteiger charge is -2.31. The number of rotatable bonds is 3. The van der Waals surface area contributed by atoms with Crippen molar-refractivity contribution < 1.29 is 14.7 Å². The minimum Gasteiger partial charge on any atom is -0.481 e. The Morgan fingerprint density at radius 1 is 0.765 bits per heavy atom. The SMILES string of the molecule is O=C(O)C1CCCCC1C(=O)C1CCCCC1. The van der Waals surface area contributed by atoms with Crippen LogP contribution in [0.25, 0.3) is 0 Å². The maximum Gasteiger partial charge on any atom is 0.307 e. The fraction of sp³-hybridized carbons (Fsp3) is 0.857. The van der Waals surface area contributed by atoms with Crippen molar-refractivity contribution in [3.05, 3.63) is 0 Å². The van der Waals surface area contributed by atoms with Crippen LogP contribution in [0.3, 0.4) is 0 Å². The zero-order valence-corrected chi connectivity index (χ0v) is 10.4. The Balaban J connectivity index is 2.02. The van der Waals surface area contributed by atoms with E-state index >= 15 is 0 Å². The first-order valence-corrected chi connectivity index (χ1v) is 6.96. The van der Waals surface area contributed by atoms with E-state index in [1.807, 2.05) is 0 Å². The van der Waals surface area contributed by atoms with E-state index in [2.05, 4.69) is 0 Å². The Bertz CT molecular complexity index is 292. The van der Waals surface area contributed by atoms with Crippen LogP contribution in [-0.4, -0.2) is 16.9 Å². The number of carboxylic acid groups (broad SMARTS) is 1. The monoisotopic (exact) mass is 238 g/mol. The molecule has 1 N–H and O–H groups in total. The molecule has 0 aromatic heterocycles. The van der Waals surface area contributed by atoms with Gasteiger partial charge in [0.15, 0.2) is 0 Å².